The number of nitrogens with one attached hydrogen (secondary N) is 1. The molecule has 1 saturated carbocycles. The van der Waals surface area contributed by atoms with Crippen LogP contribution in [-0.4, -0.2) is 22.5 Å². The van der Waals surface area contributed by atoms with Crippen molar-refractivity contribution in [3.63, 3.8) is 0 Å². The van der Waals surface area contributed by atoms with Crippen molar-refractivity contribution in [1.29, 1.82) is 0 Å². The molecule has 0 spiro atoms. The first-order valence-corrected chi connectivity index (χ1v) is 8.42. The monoisotopic (exact) mass is 287 g/mol. The predicted octanol–water partition coefficient (Wildman–Crippen LogP) is 3.82. The summed E-state index contributed by atoms with van der Waals surface area (Å²) in [6, 6.07) is 8.63. The summed E-state index contributed by atoms with van der Waals surface area (Å²) in [6.45, 7) is 2.04. The number of fused-ring (bicyclic) bond motifs is 1. The van der Waals surface area contributed by atoms with Gasteiger partial charge in [-0.25, -0.2) is 0 Å². The zero-order chi connectivity index (χ0) is 14.1. The first kappa shape index (κ1) is 13.6. The molecule has 0 aliphatic heterocycles. The molecule has 20 heavy (non-hydrogen) atoms. The van der Waals surface area contributed by atoms with Crippen molar-refractivity contribution in [3.05, 3.63) is 30.0 Å². The molecule has 1 fully saturated rings. The van der Waals surface area contributed by atoms with Crippen LogP contribution in [0.1, 0.15) is 25.0 Å². The van der Waals surface area contributed by atoms with E-state index >= 15 is 0 Å². The lowest BCUT2D eigenvalue weighted by Crippen LogP contribution is -2.25. The van der Waals surface area contributed by atoms with Gasteiger partial charge in [0.05, 0.1) is 5.52 Å². The zero-order valence-corrected chi connectivity index (χ0v) is 12.8. The average molecular weight is 287 g/mol. The lowest BCUT2D eigenvalue weighted by Gasteiger charge is -2.22. The fraction of sp³-hybridized carbons (Fsp3) is 0.438. The van der Waals surface area contributed by atoms with Gasteiger partial charge in [-0.1, -0.05) is 6.42 Å². The highest BCUT2D eigenvalue weighted by Crippen LogP contribution is 2.33. The Kier molecular flexibility index (Phi) is 3.74. The van der Waals surface area contributed by atoms with Gasteiger partial charge in [0.1, 0.15) is 0 Å². The van der Waals surface area contributed by atoms with Gasteiger partial charge >= 0.3 is 0 Å². The molecule has 4 heteroatoms. The minimum atomic E-state index is 0.552. The normalized spacial score (nSPS) is 22.3. The van der Waals surface area contributed by atoms with Crippen LogP contribution >= 0.6 is 11.8 Å². The highest BCUT2D eigenvalue weighted by molar-refractivity contribution is 7.99. The molecule has 3 rings (SSSR count). The van der Waals surface area contributed by atoms with E-state index in [-0.39, 0.29) is 0 Å². The standard InChI is InChI=1S/C16H21N3S/c1-10-8-15(19-14-4-3-5-16(14)20-2)12-9-11(17)6-7-13(12)18-10/h6-9,14,16H,3-5,17H2,1-2H3,(H,18,19). The van der Waals surface area contributed by atoms with Crippen molar-refractivity contribution in [1.82, 2.24) is 4.98 Å². The number of hydrogen-bond donors (Lipinski definition) is 2. The summed E-state index contributed by atoms with van der Waals surface area (Å²) < 4.78 is 0. The third kappa shape index (κ3) is 2.57. The largest absolute Gasteiger partial charge is 0.399 e. The number of nitrogen functional groups attached to an aromatic ring is 1. The molecule has 3 N–H and O–H groups in total. The van der Waals surface area contributed by atoms with E-state index in [4.69, 9.17) is 5.73 Å². The molecule has 2 aromatic rings. The Hall–Kier alpha value is -1.42. The van der Waals surface area contributed by atoms with Crippen LogP contribution in [0, 0.1) is 6.92 Å². The summed E-state index contributed by atoms with van der Waals surface area (Å²) in [6.07, 6.45) is 6.07. The van der Waals surface area contributed by atoms with Gasteiger partial charge in [0.15, 0.2) is 0 Å². The maximum absolute atomic E-state index is 5.93. The van der Waals surface area contributed by atoms with Crippen LogP contribution in [0.5, 0.6) is 0 Å². The molecular formula is C16H21N3S. The molecule has 2 unspecified atom stereocenters. The smallest absolute Gasteiger partial charge is 0.0727 e. The number of aryl methyl sites for hydroxylation is 1. The molecule has 0 radical (unpaired) electrons. The van der Waals surface area contributed by atoms with Crippen molar-refractivity contribution >= 4 is 34.0 Å². The first-order valence-electron chi connectivity index (χ1n) is 7.13. The summed E-state index contributed by atoms with van der Waals surface area (Å²) in [5.41, 5.74) is 9.95. The van der Waals surface area contributed by atoms with Crippen LogP contribution in [0.15, 0.2) is 24.3 Å². The number of nitrogens with two attached hydrogens (primary N) is 1. The van der Waals surface area contributed by atoms with E-state index in [9.17, 15) is 0 Å². The number of benzene rings is 1. The number of pyridine rings is 1. The molecule has 3 nitrogen and oxygen atoms in total. The molecule has 1 heterocycles. The highest BCUT2D eigenvalue weighted by Gasteiger charge is 2.26. The van der Waals surface area contributed by atoms with Crippen LogP contribution in [0.4, 0.5) is 11.4 Å². The molecular weight excluding hydrogens is 266 g/mol. The Morgan fingerprint density at radius 1 is 1.30 bits per heavy atom. The number of aromatic nitrogens is 1. The second kappa shape index (κ2) is 5.52. The maximum atomic E-state index is 5.93. The van der Waals surface area contributed by atoms with Crippen molar-refractivity contribution in [2.45, 2.75) is 37.5 Å². The van der Waals surface area contributed by atoms with Gasteiger partial charge in [-0.2, -0.15) is 11.8 Å². The Balaban J connectivity index is 1.99. The lowest BCUT2D eigenvalue weighted by atomic mass is 10.1. The molecule has 106 valence electrons. The van der Waals surface area contributed by atoms with Crippen LogP contribution in [-0.2, 0) is 0 Å². The van der Waals surface area contributed by atoms with Gasteiger partial charge in [0, 0.05) is 33.7 Å². The van der Waals surface area contributed by atoms with Gasteiger partial charge in [0.25, 0.3) is 0 Å². The van der Waals surface area contributed by atoms with Crippen LogP contribution in [0.3, 0.4) is 0 Å². The zero-order valence-electron chi connectivity index (χ0n) is 12.0. The topological polar surface area (TPSA) is 50.9 Å². The van der Waals surface area contributed by atoms with Gasteiger partial charge in [-0.05, 0) is 50.3 Å². The van der Waals surface area contributed by atoms with E-state index in [1.165, 1.54) is 24.9 Å². The van der Waals surface area contributed by atoms with Gasteiger partial charge in [-0.15, -0.1) is 0 Å². The van der Waals surface area contributed by atoms with Crippen molar-refractivity contribution in [2.75, 3.05) is 17.3 Å². The minimum absolute atomic E-state index is 0.552. The van der Waals surface area contributed by atoms with Crippen LogP contribution in [0.25, 0.3) is 10.9 Å². The number of nitrogens with zero attached hydrogens (tertiary/aromatic N) is 1. The molecule has 0 amide bonds. The fourth-order valence-electron chi connectivity index (χ4n) is 3.07. The van der Waals surface area contributed by atoms with E-state index in [0.29, 0.717) is 11.3 Å². The summed E-state index contributed by atoms with van der Waals surface area (Å²) in [4.78, 5) is 4.59. The van der Waals surface area contributed by atoms with Crippen molar-refractivity contribution in [2.24, 2.45) is 0 Å². The molecule has 2 atom stereocenters. The minimum Gasteiger partial charge on any atom is -0.399 e. The summed E-state index contributed by atoms with van der Waals surface area (Å²) in [7, 11) is 0. The number of anilines is 2. The molecule has 1 aliphatic carbocycles. The highest BCUT2D eigenvalue weighted by atomic mass is 32.2. The van der Waals surface area contributed by atoms with Gasteiger partial charge in [-0.3, -0.25) is 4.98 Å². The Bertz CT molecular complexity index is 626. The Morgan fingerprint density at radius 3 is 2.95 bits per heavy atom. The van der Waals surface area contributed by atoms with E-state index in [1.807, 2.05) is 36.9 Å². The van der Waals surface area contributed by atoms with E-state index in [2.05, 4.69) is 22.6 Å². The summed E-state index contributed by atoms with van der Waals surface area (Å²) >= 11 is 1.97. The maximum Gasteiger partial charge on any atom is 0.0727 e. The van der Waals surface area contributed by atoms with Gasteiger partial charge in [0.2, 0.25) is 0 Å². The predicted molar refractivity (Wildman–Crippen MR) is 89.5 cm³/mol. The molecule has 0 bridgehead atoms. The van der Waals surface area contributed by atoms with Crippen LogP contribution < -0.4 is 11.1 Å². The number of hydrogen-bond acceptors (Lipinski definition) is 4. The second-order valence-electron chi connectivity index (χ2n) is 5.54. The number of thioether (sulfide) groups is 1. The third-order valence-electron chi connectivity index (χ3n) is 4.06. The van der Waals surface area contributed by atoms with Gasteiger partial charge < -0.3 is 11.1 Å². The SMILES string of the molecule is CSC1CCCC1Nc1cc(C)nc2ccc(N)cc12. The molecule has 1 aliphatic rings. The molecule has 0 saturated heterocycles. The lowest BCUT2D eigenvalue weighted by molar-refractivity contribution is 0.769. The molecule has 1 aromatic carbocycles. The second-order valence-corrected chi connectivity index (χ2v) is 6.62. The Labute approximate surface area is 124 Å². The van der Waals surface area contributed by atoms with E-state index < -0.39 is 0 Å². The third-order valence-corrected chi connectivity index (χ3v) is 5.23. The quantitative estimate of drug-likeness (QED) is 0.843. The van der Waals surface area contributed by atoms with Crippen LogP contribution in [0.2, 0.25) is 0 Å². The number of rotatable bonds is 3. The van der Waals surface area contributed by atoms with Crippen molar-refractivity contribution < 1.29 is 0 Å². The summed E-state index contributed by atoms with van der Waals surface area (Å²) in [5, 5.41) is 5.57. The first-order chi connectivity index (χ1) is 9.67. The van der Waals surface area contributed by atoms with E-state index in [0.717, 1.165) is 22.3 Å². The molecule has 1 aromatic heterocycles. The van der Waals surface area contributed by atoms with E-state index in [1.54, 1.807) is 0 Å². The summed E-state index contributed by atoms with van der Waals surface area (Å²) in [5.74, 6) is 0. The van der Waals surface area contributed by atoms with Crippen molar-refractivity contribution in [3.8, 4) is 0 Å². The fourth-order valence-corrected chi connectivity index (χ4v) is 4.00. The Morgan fingerprint density at radius 2 is 2.15 bits per heavy atom. The average Bonchev–Trinajstić information content (AvgIpc) is 2.87.